The summed E-state index contributed by atoms with van der Waals surface area (Å²) in [6, 6.07) is 10.0. The molecule has 0 aliphatic carbocycles. The first-order chi connectivity index (χ1) is 8.53. The summed E-state index contributed by atoms with van der Waals surface area (Å²) >= 11 is 0. The van der Waals surface area contributed by atoms with E-state index in [1.807, 2.05) is 38.1 Å². The Kier molecular flexibility index (Phi) is 3.24. The lowest BCUT2D eigenvalue weighted by atomic mass is 9.91. The lowest BCUT2D eigenvalue weighted by molar-refractivity contribution is -0.117. The van der Waals surface area contributed by atoms with Gasteiger partial charge in [-0.05, 0) is 32.4 Å². The maximum atomic E-state index is 11.9. The summed E-state index contributed by atoms with van der Waals surface area (Å²) in [7, 11) is 0. The van der Waals surface area contributed by atoms with Crippen LogP contribution in [-0.2, 0) is 4.79 Å². The van der Waals surface area contributed by atoms with Gasteiger partial charge in [-0.15, -0.1) is 0 Å². The normalized spacial score (nSPS) is 14.7. The molecule has 0 atom stereocenters. The van der Waals surface area contributed by atoms with Gasteiger partial charge in [0.2, 0.25) is 5.91 Å². The first kappa shape index (κ1) is 12.4. The highest BCUT2D eigenvalue weighted by molar-refractivity contribution is 6.02. The number of carbonyl (C=O) groups excluding carboxylic acids is 1. The molecule has 0 radical (unpaired) electrons. The summed E-state index contributed by atoms with van der Waals surface area (Å²) in [6.07, 6.45) is 0.670. The number of anilines is 2. The Morgan fingerprint density at radius 3 is 2.89 bits per heavy atom. The first-order valence-corrected chi connectivity index (χ1v) is 6.08. The van der Waals surface area contributed by atoms with Gasteiger partial charge >= 0.3 is 0 Å². The third-order valence-electron chi connectivity index (χ3n) is 3.19. The maximum Gasteiger partial charge on any atom is 0.246 e. The fourth-order valence-corrected chi connectivity index (χ4v) is 1.95. The lowest BCUT2D eigenvalue weighted by Gasteiger charge is -2.31. The maximum absolute atomic E-state index is 11.9. The van der Waals surface area contributed by atoms with Crippen molar-refractivity contribution in [3.05, 3.63) is 24.3 Å². The standard InChI is InChI=1S/C14H17N3O/c1-14(2,10-15)7-8-17-12-6-4-3-5-11(12)16-9-13(17)18/h3-6,16H,7-9H2,1-2H3. The van der Waals surface area contributed by atoms with Crippen LogP contribution in [0.5, 0.6) is 0 Å². The molecule has 1 N–H and O–H groups in total. The lowest BCUT2D eigenvalue weighted by Crippen LogP contribution is -2.41. The Hall–Kier alpha value is -2.02. The molecule has 4 heteroatoms. The van der Waals surface area contributed by atoms with Gasteiger partial charge in [-0.25, -0.2) is 0 Å². The zero-order chi connectivity index (χ0) is 13.2. The van der Waals surface area contributed by atoms with E-state index in [1.165, 1.54) is 0 Å². The highest BCUT2D eigenvalue weighted by Gasteiger charge is 2.26. The molecule has 0 fully saturated rings. The molecule has 1 aliphatic heterocycles. The number of rotatable bonds is 3. The molecular weight excluding hydrogens is 226 g/mol. The van der Waals surface area contributed by atoms with Crippen molar-refractivity contribution >= 4 is 17.3 Å². The number of hydrogen-bond acceptors (Lipinski definition) is 3. The quantitative estimate of drug-likeness (QED) is 0.886. The van der Waals surface area contributed by atoms with Crippen molar-refractivity contribution in [1.29, 1.82) is 5.26 Å². The van der Waals surface area contributed by atoms with E-state index in [1.54, 1.807) is 4.90 Å². The molecule has 1 aromatic carbocycles. The summed E-state index contributed by atoms with van der Waals surface area (Å²) in [5.74, 6) is 0.0578. The topological polar surface area (TPSA) is 56.1 Å². The molecule has 18 heavy (non-hydrogen) atoms. The molecule has 1 amide bonds. The Labute approximate surface area is 107 Å². The molecule has 0 unspecified atom stereocenters. The number of amides is 1. The third-order valence-corrected chi connectivity index (χ3v) is 3.19. The SMILES string of the molecule is CC(C)(C#N)CCN1C(=O)CNc2ccccc21. The zero-order valence-electron chi connectivity index (χ0n) is 10.7. The van der Waals surface area contributed by atoms with Gasteiger partial charge < -0.3 is 10.2 Å². The van der Waals surface area contributed by atoms with Crippen LogP contribution in [0.25, 0.3) is 0 Å². The average molecular weight is 243 g/mol. The minimum absolute atomic E-state index is 0.0578. The predicted molar refractivity (Wildman–Crippen MR) is 71.3 cm³/mol. The molecule has 1 aromatic rings. The van der Waals surface area contributed by atoms with E-state index in [9.17, 15) is 4.79 Å². The van der Waals surface area contributed by atoms with Crippen LogP contribution in [0.3, 0.4) is 0 Å². The van der Waals surface area contributed by atoms with Crippen LogP contribution in [0.1, 0.15) is 20.3 Å². The second kappa shape index (κ2) is 4.69. The van der Waals surface area contributed by atoms with E-state index in [0.29, 0.717) is 19.5 Å². The molecule has 0 aromatic heterocycles. The van der Waals surface area contributed by atoms with Crippen molar-refractivity contribution in [1.82, 2.24) is 0 Å². The van der Waals surface area contributed by atoms with Crippen LogP contribution in [0, 0.1) is 16.7 Å². The van der Waals surface area contributed by atoms with E-state index in [2.05, 4.69) is 11.4 Å². The van der Waals surface area contributed by atoms with Crippen molar-refractivity contribution in [2.24, 2.45) is 5.41 Å². The van der Waals surface area contributed by atoms with E-state index in [4.69, 9.17) is 5.26 Å². The van der Waals surface area contributed by atoms with Crippen LogP contribution in [0.2, 0.25) is 0 Å². The number of hydrogen-bond donors (Lipinski definition) is 1. The number of benzene rings is 1. The van der Waals surface area contributed by atoms with Gasteiger partial charge in [0.05, 0.1) is 29.4 Å². The fraction of sp³-hybridized carbons (Fsp3) is 0.429. The van der Waals surface area contributed by atoms with Crippen LogP contribution < -0.4 is 10.2 Å². The number of fused-ring (bicyclic) bond motifs is 1. The molecule has 0 saturated heterocycles. The summed E-state index contributed by atoms with van der Waals surface area (Å²) in [4.78, 5) is 13.7. The zero-order valence-corrected chi connectivity index (χ0v) is 10.7. The molecular formula is C14H17N3O. The molecule has 1 heterocycles. The monoisotopic (exact) mass is 243 g/mol. The van der Waals surface area contributed by atoms with Gasteiger partial charge in [0.15, 0.2) is 0 Å². The van der Waals surface area contributed by atoms with Crippen molar-refractivity contribution in [3.8, 4) is 6.07 Å². The first-order valence-electron chi connectivity index (χ1n) is 6.08. The number of para-hydroxylation sites is 2. The third kappa shape index (κ3) is 2.45. The Morgan fingerprint density at radius 1 is 1.44 bits per heavy atom. The number of nitriles is 1. The summed E-state index contributed by atoms with van der Waals surface area (Å²) in [5.41, 5.74) is 1.48. The van der Waals surface area contributed by atoms with Crippen LogP contribution >= 0.6 is 0 Å². The van der Waals surface area contributed by atoms with Crippen molar-refractivity contribution in [3.63, 3.8) is 0 Å². The predicted octanol–water partition coefficient (Wildman–Crippen LogP) is 2.38. The molecule has 0 saturated carbocycles. The minimum Gasteiger partial charge on any atom is -0.374 e. The number of nitrogens with zero attached hydrogens (tertiary/aromatic N) is 2. The van der Waals surface area contributed by atoms with Gasteiger partial charge in [0, 0.05) is 6.54 Å². The minimum atomic E-state index is -0.403. The highest BCUT2D eigenvalue weighted by Crippen LogP contribution is 2.30. The van der Waals surface area contributed by atoms with E-state index < -0.39 is 5.41 Å². The smallest absolute Gasteiger partial charge is 0.246 e. The van der Waals surface area contributed by atoms with Crippen molar-refractivity contribution in [2.45, 2.75) is 20.3 Å². The number of carbonyl (C=O) groups is 1. The molecule has 0 bridgehead atoms. The van der Waals surface area contributed by atoms with E-state index in [0.717, 1.165) is 11.4 Å². The Bertz CT molecular complexity index is 502. The average Bonchev–Trinajstić information content (AvgIpc) is 2.37. The molecule has 0 spiro atoms. The highest BCUT2D eigenvalue weighted by atomic mass is 16.2. The van der Waals surface area contributed by atoms with Crippen LogP contribution in [0.4, 0.5) is 11.4 Å². The van der Waals surface area contributed by atoms with Gasteiger partial charge in [0.1, 0.15) is 0 Å². The Balaban J connectivity index is 2.18. The van der Waals surface area contributed by atoms with Gasteiger partial charge in [-0.2, -0.15) is 5.26 Å². The molecule has 2 rings (SSSR count). The molecule has 94 valence electrons. The van der Waals surface area contributed by atoms with Gasteiger partial charge in [-0.3, -0.25) is 4.79 Å². The van der Waals surface area contributed by atoms with E-state index >= 15 is 0 Å². The molecule has 1 aliphatic rings. The van der Waals surface area contributed by atoms with Gasteiger partial charge in [0.25, 0.3) is 0 Å². The second-order valence-corrected chi connectivity index (χ2v) is 5.16. The fourth-order valence-electron chi connectivity index (χ4n) is 1.95. The summed E-state index contributed by atoms with van der Waals surface area (Å²) in [6.45, 7) is 4.69. The van der Waals surface area contributed by atoms with Gasteiger partial charge in [-0.1, -0.05) is 12.1 Å². The Morgan fingerprint density at radius 2 is 2.17 bits per heavy atom. The van der Waals surface area contributed by atoms with Crippen molar-refractivity contribution in [2.75, 3.05) is 23.3 Å². The van der Waals surface area contributed by atoms with E-state index in [-0.39, 0.29) is 5.91 Å². The van der Waals surface area contributed by atoms with Crippen LogP contribution in [0.15, 0.2) is 24.3 Å². The summed E-state index contributed by atoms with van der Waals surface area (Å²) in [5, 5.41) is 12.1. The summed E-state index contributed by atoms with van der Waals surface area (Å²) < 4.78 is 0. The molecule has 4 nitrogen and oxygen atoms in total. The van der Waals surface area contributed by atoms with Crippen LogP contribution in [-0.4, -0.2) is 19.0 Å². The largest absolute Gasteiger partial charge is 0.374 e. The second-order valence-electron chi connectivity index (χ2n) is 5.16. The number of nitrogens with one attached hydrogen (secondary N) is 1. The van der Waals surface area contributed by atoms with Crippen molar-refractivity contribution < 1.29 is 4.79 Å².